The molecular formula is C23H29N3O2. The van der Waals surface area contributed by atoms with Crippen molar-refractivity contribution in [2.45, 2.75) is 33.2 Å². The van der Waals surface area contributed by atoms with Crippen molar-refractivity contribution < 1.29 is 9.59 Å². The van der Waals surface area contributed by atoms with E-state index in [2.05, 4.69) is 34.6 Å². The first-order valence-corrected chi connectivity index (χ1v) is 9.92. The van der Waals surface area contributed by atoms with Crippen LogP contribution in [0.4, 0.5) is 5.69 Å². The van der Waals surface area contributed by atoms with Gasteiger partial charge < -0.3 is 10.6 Å². The molecule has 2 aromatic rings. The van der Waals surface area contributed by atoms with Crippen LogP contribution in [0.5, 0.6) is 0 Å². The molecule has 1 saturated heterocycles. The second-order valence-electron chi connectivity index (χ2n) is 7.67. The molecule has 0 spiro atoms. The van der Waals surface area contributed by atoms with E-state index in [4.69, 9.17) is 0 Å². The summed E-state index contributed by atoms with van der Waals surface area (Å²) in [5.74, 6) is 0.136. The third-order valence-electron chi connectivity index (χ3n) is 5.25. The summed E-state index contributed by atoms with van der Waals surface area (Å²) in [6.45, 7) is 6.54. The molecule has 0 aromatic heterocycles. The van der Waals surface area contributed by atoms with Crippen LogP contribution in [0.3, 0.4) is 0 Å². The number of carbonyl (C=O) groups excluding carboxylic acids is 2. The monoisotopic (exact) mass is 379 g/mol. The van der Waals surface area contributed by atoms with Gasteiger partial charge in [0.05, 0.1) is 6.54 Å². The maximum atomic E-state index is 12.4. The van der Waals surface area contributed by atoms with Gasteiger partial charge in [-0.2, -0.15) is 0 Å². The number of benzene rings is 2. The lowest BCUT2D eigenvalue weighted by atomic mass is 9.96. The zero-order valence-electron chi connectivity index (χ0n) is 16.7. The van der Waals surface area contributed by atoms with E-state index < -0.39 is 0 Å². The smallest absolute Gasteiger partial charge is 0.238 e. The molecule has 1 fully saturated rings. The lowest BCUT2D eigenvalue weighted by Crippen LogP contribution is -2.43. The Morgan fingerprint density at radius 3 is 2.11 bits per heavy atom. The Labute approximate surface area is 167 Å². The Bertz CT molecular complexity index is 792. The Hall–Kier alpha value is -2.66. The molecule has 5 heteroatoms. The van der Waals surface area contributed by atoms with Crippen molar-refractivity contribution in [2.75, 3.05) is 25.0 Å². The molecule has 1 heterocycles. The van der Waals surface area contributed by atoms with Crippen LogP contribution in [-0.4, -0.2) is 36.3 Å². The van der Waals surface area contributed by atoms with Crippen molar-refractivity contribution >= 4 is 17.5 Å². The number of hydrogen-bond donors (Lipinski definition) is 2. The number of likely N-dealkylation sites (tertiary alicyclic amines) is 1. The van der Waals surface area contributed by atoms with E-state index in [-0.39, 0.29) is 17.7 Å². The quantitative estimate of drug-likeness (QED) is 0.810. The fraction of sp³-hybridized carbons (Fsp3) is 0.391. The molecule has 1 aliphatic rings. The van der Waals surface area contributed by atoms with E-state index in [0.29, 0.717) is 13.1 Å². The highest BCUT2D eigenvalue weighted by Gasteiger charge is 2.25. The van der Waals surface area contributed by atoms with Crippen LogP contribution < -0.4 is 10.6 Å². The summed E-state index contributed by atoms with van der Waals surface area (Å²) in [6.07, 6.45) is 1.58. The van der Waals surface area contributed by atoms with E-state index in [1.807, 2.05) is 43.3 Å². The van der Waals surface area contributed by atoms with Gasteiger partial charge in [0.15, 0.2) is 0 Å². The molecule has 2 N–H and O–H groups in total. The maximum Gasteiger partial charge on any atom is 0.238 e. The Morgan fingerprint density at radius 2 is 1.50 bits per heavy atom. The van der Waals surface area contributed by atoms with Crippen molar-refractivity contribution in [1.82, 2.24) is 10.2 Å². The first-order valence-electron chi connectivity index (χ1n) is 9.92. The molecule has 28 heavy (non-hydrogen) atoms. The van der Waals surface area contributed by atoms with Crippen LogP contribution in [0.15, 0.2) is 48.5 Å². The van der Waals surface area contributed by atoms with Crippen molar-refractivity contribution in [2.24, 2.45) is 5.92 Å². The molecule has 3 rings (SSSR count). The molecule has 2 amide bonds. The zero-order valence-corrected chi connectivity index (χ0v) is 16.7. The standard InChI is InChI=1S/C23H29N3O2/c1-17-3-7-19(8-4-17)15-24-23(28)20-11-13-26(14-12-20)16-22(27)25-21-9-5-18(2)6-10-21/h3-10,20H,11-16H2,1-2H3,(H,24,28)(H,25,27). The molecule has 0 bridgehead atoms. The molecule has 0 aliphatic carbocycles. The Morgan fingerprint density at radius 1 is 0.929 bits per heavy atom. The van der Waals surface area contributed by atoms with Gasteiger partial charge >= 0.3 is 0 Å². The number of hydrogen-bond acceptors (Lipinski definition) is 3. The van der Waals surface area contributed by atoms with Crippen molar-refractivity contribution in [3.05, 3.63) is 65.2 Å². The first-order chi connectivity index (χ1) is 13.5. The normalized spacial score (nSPS) is 15.2. The molecule has 148 valence electrons. The maximum absolute atomic E-state index is 12.4. The average molecular weight is 380 g/mol. The van der Waals surface area contributed by atoms with Crippen LogP contribution in [0, 0.1) is 19.8 Å². The number of amides is 2. The SMILES string of the molecule is Cc1ccc(CNC(=O)C2CCN(CC(=O)Nc3ccc(C)cc3)CC2)cc1. The number of anilines is 1. The number of aryl methyl sites for hydroxylation is 2. The van der Waals surface area contributed by atoms with Gasteiger partial charge in [0.2, 0.25) is 11.8 Å². The minimum absolute atomic E-state index is 0.00822. The molecule has 0 atom stereocenters. The molecule has 5 nitrogen and oxygen atoms in total. The van der Waals surface area contributed by atoms with Crippen LogP contribution in [0.2, 0.25) is 0 Å². The predicted octanol–water partition coefficient (Wildman–Crippen LogP) is 3.27. The Kier molecular flexibility index (Phi) is 6.82. The summed E-state index contributed by atoms with van der Waals surface area (Å²) in [5.41, 5.74) is 4.32. The molecule has 0 unspecified atom stereocenters. The minimum Gasteiger partial charge on any atom is -0.352 e. The molecule has 0 radical (unpaired) electrons. The van der Waals surface area contributed by atoms with Gasteiger partial charge in [-0.1, -0.05) is 47.5 Å². The van der Waals surface area contributed by atoms with Gasteiger partial charge in [-0.25, -0.2) is 0 Å². The lowest BCUT2D eigenvalue weighted by molar-refractivity contribution is -0.126. The third kappa shape index (κ3) is 5.92. The number of nitrogens with zero attached hydrogens (tertiary/aromatic N) is 1. The third-order valence-corrected chi connectivity index (χ3v) is 5.25. The number of piperidine rings is 1. The largest absolute Gasteiger partial charge is 0.352 e. The minimum atomic E-state index is -0.00822. The van der Waals surface area contributed by atoms with Gasteiger partial charge in [0.1, 0.15) is 0 Å². The van der Waals surface area contributed by atoms with E-state index in [9.17, 15) is 9.59 Å². The summed E-state index contributed by atoms with van der Waals surface area (Å²) in [6, 6.07) is 16.0. The highest BCUT2D eigenvalue weighted by atomic mass is 16.2. The van der Waals surface area contributed by atoms with Crippen LogP contribution in [0.1, 0.15) is 29.5 Å². The van der Waals surface area contributed by atoms with E-state index in [0.717, 1.165) is 37.2 Å². The van der Waals surface area contributed by atoms with Crippen LogP contribution in [0.25, 0.3) is 0 Å². The predicted molar refractivity (Wildman–Crippen MR) is 112 cm³/mol. The fourth-order valence-corrected chi connectivity index (χ4v) is 3.43. The number of carbonyl (C=O) groups is 2. The highest BCUT2D eigenvalue weighted by molar-refractivity contribution is 5.92. The highest BCUT2D eigenvalue weighted by Crippen LogP contribution is 2.18. The summed E-state index contributed by atoms with van der Waals surface area (Å²) in [7, 11) is 0. The Balaban J connectivity index is 1.38. The summed E-state index contributed by atoms with van der Waals surface area (Å²) in [4.78, 5) is 26.8. The number of rotatable bonds is 6. The molecule has 2 aromatic carbocycles. The molecule has 1 aliphatic heterocycles. The molecule has 0 saturated carbocycles. The van der Waals surface area contributed by atoms with E-state index >= 15 is 0 Å². The van der Waals surface area contributed by atoms with Gasteiger partial charge in [0, 0.05) is 18.2 Å². The van der Waals surface area contributed by atoms with Crippen molar-refractivity contribution in [1.29, 1.82) is 0 Å². The van der Waals surface area contributed by atoms with Crippen LogP contribution in [-0.2, 0) is 16.1 Å². The lowest BCUT2D eigenvalue weighted by Gasteiger charge is -2.30. The summed E-state index contributed by atoms with van der Waals surface area (Å²) < 4.78 is 0. The zero-order chi connectivity index (χ0) is 19.9. The van der Waals surface area contributed by atoms with Crippen molar-refractivity contribution in [3.8, 4) is 0 Å². The van der Waals surface area contributed by atoms with Gasteiger partial charge in [-0.3, -0.25) is 14.5 Å². The first kappa shape index (κ1) is 20.1. The molecular weight excluding hydrogens is 350 g/mol. The van der Waals surface area contributed by atoms with Crippen molar-refractivity contribution in [3.63, 3.8) is 0 Å². The second-order valence-corrected chi connectivity index (χ2v) is 7.67. The topological polar surface area (TPSA) is 61.4 Å². The van der Waals surface area contributed by atoms with Gasteiger partial charge in [-0.15, -0.1) is 0 Å². The average Bonchev–Trinajstić information content (AvgIpc) is 2.69. The fourth-order valence-electron chi connectivity index (χ4n) is 3.43. The van der Waals surface area contributed by atoms with Gasteiger partial charge in [-0.05, 0) is 57.5 Å². The summed E-state index contributed by atoms with van der Waals surface area (Å²) >= 11 is 0. The van der Waals surface area contributed by atoms with Crippen LogP contribution >= 0.6 is 0 Å². The second kappa shape index (κ2) is 9.51. The van der Waals surface area contributed by atoms with Gasteiger partial charge in [0.25, 0.3) is 0 Å². The van der Waals surface area contributed by atoms with E-state index in [1.54, 1.807) is 0 Å². The van der Waals surface area contributed by atoms with E-state index in [1.165, 1.54) is 11.1 Å². The number of nitrogens with one attached hydrogen (secondary N) is 2. The summed E-state index contributed by atoms with van der Waals surface area (Å²) in [5, 5.41) is 5.98.